The zero-order valence-corrected chi connectivity index (χ0v) is 13.5. The third-order valence-corrected chi connectivity index (χ3v) is 4.07. The Bertz CT molecular complexity index is 387. The number of aryl methyl sites for hydroxylation is 2. The third-order valence-electron chi connectivity index (χ3n) is 4.07. The monoisotopic (exact) mass is 262 g/mol. The molecule has 1 aromatic carbocycles. The number of rotatable bonds is 7. The molecule has 0 heterocycles. The molecule has 0 bridgehead atoms. The number of hydrogen-bond donors (Lipinski definition) is 1. The molecule has 0 aromatic heterocycles. The zero-order chi connectivity index (χ0) is 14.4. The van der Waals surface area contributed by atoms with E-state index in [4.69, 9.17) is 0 Å². The summed E-state index contributed by atoms with van der Waals surface area (Å²) >= 11 is 0. The topological polar surface area (TPSA) is 15.3 Å². The van der Waals surface area contributed by atoms with Gasteiger partial charge in [0.1, 0.15) is 0 Å². The van der Waals surface area contributed by atoms with Crippen LogP contribution in [0.3, 0.4) is 0 Å². The molecule has 2 atom stereocenters. The first-order valence-corrected chi connectivity index (χ1v) is 7.50. The molecule has 2 unspecified atom stereocenters. The van der Waals surface area contributed by atoms with Crippen LogP contribution in [0, 0.1) is 13.8 Å². The van der Waals surface area contributed by atoms with Crippen molar-refractivity contribution in [3.63, 3.8) is 0 Å². The summed E-state index contributed by atoms with van der Waals surface area (Å²) in [5, 5.41) is 3.64. The Labute approximate surface area is 119 Å². The maximum atomic E-state index is 3.64. The van der Waals surface area contributed by atoms with Gasteiger partial charge in [0, 0.05) is 18.6 Å². The van der Waals surface area contributed by atoms with Crippen molar-refractivity contribution >= 4 is 0 Å². The Hall–Kier alpha value is -0.860. The van der Waals surface area contributed by atoms with Crippen molar-refractivity contribution in [2.75, 3.05) is 20.1 Å². The van der Waals surface area contributed by atoms with Crippen molar-refractivity contribution in [1.29, 1.82) is 0 Å². The predicted molar refractivity (Wildman–Crippen MR) is 84.7 cm³/mol. The smallest absolute Gasteiger partial charge is 0.0451 e. The molecule has 0 aliphatic rings. The van der Waals surface area contributed by atoms with Crippen LogP contribution in [0.15, 0.2) is 18.2 Å². The van der Waals surface area contributed by atoms with E-state index in [-0.39, 0.29) is 0 Å². The molecule has 19 heavy (non-hydrogen) atoms. The molecule has 1 rings (SSSR count). The largest absolute Gasteiger partial charge is 0.309 e. The highest BCUT2D eigenvalue weighted by Gasteiger charge is 2.17. The lowest BCUT2D eigenvalue weighted by molar-refractivity contribution is 0.225. The Kier molecular flexibility index (Phi) is 6.53. The van der Waals surface area contributed by atoms with Crippen molar-refractivity contribution in [1.82, 2.24) is 10.2 Å². The predicted octanol–water partition coefficient (Wildman–Crippen LogP) is 3.68. The van der Waals surface area contributed by atoms with Gasteiger partial charge < -0.3 is 10.2 Å². The number of likely N-dealkylation sites (N-methyl/N-ethyl adjacent to an activating group) is 2. The minimum atomic E-state index is 0.420. The first kappa shape index (κ1) is 16.2. The van der Waals surface area contributed by atoms with Crippen molar-refractivity contribution in [2.45, 2.75) is 53.1 Å². The molecule has 0 aliphatic heterocycles. The first-order chi connectivity index (χ1) is 8.99. The van der Waals surface area contributed by atoms with Crippen molar-refractivity contribution in [3.8, 4) is 0 Å². The van der Waals surface area contributed by atoms with Crippen molar-refractivity contribution < 1.29 is 0 Å². The fraction of sp³-hybridized carbons (Fsp3) is 0.647. The molecule has 2 heteroatoms. The highest BCUT2D eigenvalue weighted by Crippen LogP contribution is 2.21. The molecule has 1 N–H and O–H groups in total. The van der Waals surface area contributed by atoms with Gasteiger partial charge in [-0.05, 0) is 51.9 Å². The molecule has 0 aliphatic carbocycles. The van der Waals surface area contributed by atoms with Crippen LogP contribution >= 0.6 is 0 Å². The molecule has 0 saturated carbocycles. The molecule has 0 radical (unpaired) electrons. The van der Waals surface area contributed by atoms with E-state index in [0.717, 1.165) is 13.1 Å². The van der Waals surface area contributed by atoms with Crippen LogP contribution < -0.4 is 5.32 Å². The normalized spacial score (nSPS) is 14.7. The van der Waals surface area contributed by atoms with Gasteiger partial charge in [-0.3, -0.25) is 0 Å². The van der Waals surface area contributed by atoms with Gasteiger partial charge in [0.2, 0.25) is 0 Å². The Morgan fingerprint density at radius 3 is 2.47 bits per heavy atom. The summed E-state index contributed by atoms with van der Waals surface area (Å²) in [5.74, 6) is 0. The van der Waals surface area contributed by atoms with E-state index in [1.165, 1.54) is 23.1 Å². The van der Waals surface area contributed by atoms with E-state index in [9.17, 15) is 0 Å². The fourth-order valence-corrected chi connectivity index (χ4v) is 2.43. The standard InChI is InChI=1S/C17H30N2/c1-7-15(5)19(6)12-17(18-8-2)16-11-13(3)9-10-14(16)4/h9-11,15,17-18H,7-8,12H2,1-6H3. The van der Waals surface area contributed by atoms with E-state index in [1.807, 2.05) is 0 Å². The highest BCUT2D eigenvalue weighted by molar-refractivity contribution is 5.33. The van der Waals surface area contributed by atoms with Gasteiger partial charge in [0.05, 0.1) is 0 Å². The molecule has 0 spiro atoms. The quantitative estimate of drug-likeness (QED) is 0.806. The van der Waals surface area contributed by atoms with Gasteiger partial charge in [0.25, 0.3) is 0 Å². The summed E-state index contributed by atoms with van der Waals surface area (Å²) in [6, 6.07) is 7.81. The van der Waals surface area contributed by atoms with Crippen LogP contribution in [0.4, 0.5) is 0 Å². The van der Waals surface area contributed by atoms with Crippen LogP contribution in [-0.4, -0.2) is 31.1 Å². The number of benzene rings is 1. The average molecular weight is 262 g/mol. The second-order valence-electron chi connectivity index (χ2n) is 5.67. The van der Waals surface area contributed by atoms with Crippen LogP contribution in [0.2, 0.25) is 0 Å². The maximum absolute atomic E-state index is 3.64. The van der Waals surface area contributed by atoms with Crippen molar-refractivity contribution in [2.24, 2.45) is 0 Å². The maximum Gasteiger partial charge on any atom is 0.0451 e. The average Bonchev–Trinajstić information content (AvgIpc) is 2.40. The van der Waals surface area contributed by atoms with Gasteiger partial charge in [0.15, 0.2) is 0 Å². The molecule has 2 nitrogen and oxygen atoms in total. The fourth-order valence-electron chi connectivity index (χ4n) is 2.43. The second kappa shape index (κ2) is 7.66. The summed E-state index contributed by atoms with van der Waals surface area (Å²) in [4.78, 5) is 2.45. The SMILES string of the molecule is CCNC(CN(C)C(C)CC)c1cc(C)ccc1C. The molecule has 108 valence electrons. The lowest BCUT2D eigenvalue weighted by atomic mass is 9.98. The van der Waals surface area contributed by atoms with E-state index in [1.54, 1.807) is 0 Å². The molecular formula is C17H30N2. The van der Waals surface area contributed by atoms with Gasteiger partial charge in [-0.1, -0.05) is 37.6 Å². The third kappa shape index (κ3) is 4.63. The minimum Gasteiger partial charge on any atom is -0.309 e. The number of hydrogen-bond acceptors (Lipinski definition) is 2. The van der Waals surface area contributed by atoms with Crippen molar-refractivity contribution in [3.05, 3.63) is 34.9 Å². The Morgan fingerprint density at radius 1 is 1.21 bits per heavy atom. The van der Waals surface area contributed by atoms with Gasteiger partial charge in [-0.2, -0.15) is 0 Å². The molecule has 1 aromatic rings. The molecule has 0 fully saturated rings. The van der Waals surface area contributed by atoms with Gasteiger partial charge in [-0.25, -0.2) is 0 Å². The lowest BCUT2D eigenvalue weighted by Crippen LogP contribution is -2.37. The number of nitrogens with one attached hydrogen (secondary N) is 1. The Balaban J connectivity index is 2.90. The van der Waals surface area contributed by atoms with Crippen LogP contribution in [-0.2, 0) is 0 Å². The lowest BCUT2D eigenvalue weighted by Gasteiger charge is -2.30. The van der Waals surface area contributed by atoms with Crippen LogP contribution in [0.25, 0.3) is 0 Å². The van der Waals surface area contributed by atoms with Gasteiger partial charge in [-0.15, -0.1) is 0 Å². The first-order valence-electron chi connectivity index (χ1n) is 7.50. The Morgan fingerprint density at radius 2 is 1.89 bits per heavy atom. The van der Waals surface area contributed by atoms with E-state index >= 15 is 0 Å². The second-order valence-corrected chi connectivity index (χ2v) is 5.67. The summed E-state index contributed by atoms with van der Waals surface area (Å²) < 4.78 is 0. The summed E-state index contributed by atoms with van der Waals surface area (Å²) in [6.45, 7) is 13.2. The van der Waals surface area contributed by atoms with E-state index in [0.29, 0.717) is 12.1 Å². The van der Waals surface area contributed by atoms with Gasteiger partial charge >= 0.3 is 0 Å². The van der Waals surface area contributed by atoms with E-state index in [2.05, 4.69) is 70.1 Å². The molecule has 0 saturated heterocycles. The van der Waals surface area contributed by atoms with E-state index < -0.39 is 0 Å². The summed E-state index contributed by atoms with van der Waals surface area (Å²) in [5.41, 5.74) is 4.17. The summed E-state index contributed by atoms with van der Waals surface area (Å²) in [6.07, 6.45) is 1.20. The molecular weight excluding hydrogens is 232 g/mol. The van der Waals surface area contributed by atoms with Crippen LogP contribution in [0.5, 0.6) is 0 Å². The summed E-state index contributed by atoms with van der Waals surface area (Å²) in [7, 11) is 2.23. The highest BCUT2D eigenvalue weighted by atomic mass is 15.1. The molecule has 0 amide bonds. The van der Waals surface area contributed by atoms with Crippen LogP contribution in [0.1, 0.15) is 49.9 Å². The zero-order valence-electron chi connectivity index (χ0n) is 13.5. The number of nitrogens with zero attached hydrogens (tertiary/aromatic N) is 1. The minimum absolute atomic E-state index is 0.420.